The van der Waals surface area contributed by atoms with E-state index >= 15 is 0 Å². The third kappa shape index (κ3) is 1.34. The fraction of sp³-hybridized carbons (Fsp3) is 0.400. The van der Waals surface area contributed by atoms with Crippen LogP contribution in [0.25, 0.3) is 0 Å². The molecule has 1 aromatic carbocycles. The Balaban J connectivity index is 2.10. The Kier molecular flexibility index (Phi) is 2.23. The number of benzene rings is 1. The molecule has 0 aliphatic carbocycles. The summed E-state index contributed by atoms with van der Waals surface area (Å²) in [4.78, 5) is 12.2. The van der Waals surface area contributed by atoms with Gasteiger partial charge in [0, 0.05) is 5.92 Å². The molecule has 2 heterocycles. The summed E-state index contributed by atoms with van der Waals surface area (Å²) >= 11 is 0. The number of hydrogen-bond donors (Lipinski definition) is 0. The highest BCUT2D eigenvalue weighted by Gasteiger charge is 2.52. The van der Waals surface area contributed by atoms with Crippen molar-refractivity contribution in [1.29, 1.82) is 0 Å². The molecule has 0 N–H and O–H groups in total. The van der Waals surface area contributed by atoms with Gasteiger partial charge in [0.2, 0.25) is 0 Å². The number of ketones is 1. The lowest BCUT2D eigenvalue weighted by atomic mass is 9.76. The summed E-state index contributed by atoms with van der Waals surface area (Å²) in [7, 11) is 0. The highest BCUT2D eigenvalue weighted by molar-refractivity contribution is 5.87. The van der Waals surface area contributed by atoms with Gasteiger partial charge >= 0.3 is 0 Å². The minimum atomic E-state index is -0.532. The van der Waals surface area contributed by atoms with E-state index in [2.05, 4.69) is 6.08 Å². The Labute approximate surface area is 101 Å². The van der Waals surface area contributed by atoms with E-state index in [1.807, 2.05) is 50.3 Å². The SMILES string of the molecule is CC1C(=O)C(C)C2(c3ccccc3)C=CC1O2. The number of hydrogen-bond acceptors (Lipinski definition) is 2. The zero-order chi connectivity index (χ0) is 12.0. The normalized spacial score (nSPS) is 39.6. The third-order valence-electron chi connectivity index (χ3n) is 4.10. The molecule has 17 heavy (non-hydrogen) atoms. The number of carbonyl (C=O) groups is 1. The van der Waals surface area contributed by atoms with Gasteiger partial charge < -0.3 is 4.74 Å². The molecule has 2 bridgehead atoms. The molecule has 1 saturated heterocycles. The first-order chi connectivity index (χ1) is 8.15. The topological polar surface area (TPSA) is 26.3 Å². The molecule has 0 saturated carbocycles. The molecule has 88 valence electrons. The first-order valence-electron chi connectivity index (χ1n) is 6.11. The van der Waals surface area contributed by atoms with Gasteiger partial charge in [0.25, 0.3) is 0 Å². The molecular weight excluding hydrogens is 212 g/mol. The van der Waals surface area contributed by atoms with E-state index < -0.39 is 5.60 Å². The van der Waals surface area contributed by atoms with Crippen LogP contribution in [0.4, 0.5) is 0 Å². The van der Waals surface area contributed by atoms with Crippen molar-refractivity contribution >= 4 is 5.78 Å². The van der Waals surface area contributed by atoms with Crippen molar-refractivity contribution in [2.45, 2.75) is 25.6 Å². The largest absolute Gasteiger partial charge is 0.357 e. The van der Waals surface area contributed by atoms with E-state index in [0.717, 1.165) is 5.56 Å². The monoisotopic (exact) mass is 228 g/mol. The second kappa shape index (κ2) is 3.54. The summed E-state index contributed by atoms with van der Waals surface area (Å²) in [6.45, 7) is 3.92. The summed E-state index contributed by atoms with van der Waals surface area (Å²) in [6.07, 6.45) is 4.05. The molecule has 0 radical (unpaired) electrons. The van der Waals surface area contributed by atoms with Crippen LogP contribution >= 0.6 is 0 Å². The molecule has 1 aromatic rings. The summed E-state index contributed by atoms with van der Waals surface area (Å²) in [5, 5.41) is 0. The molecule has 2 aliphatic heterocycles. The van der Waals surface area contributed by atoms with E-state index in [0.29, 0.717) is 5.78 Å². The second-order valence-corrected chi connectivity index (χ2v) is 5.01. The highest BCUT2D eigenvalue weighted by Crippen LogP contribution is 2.47. The number of Topliss-reactive ketones (excluding diaryl/α,β-unsaturated/α-hetero) is 1. The zero-order valence-corrected chi connectivity index (χ0v) is 10.1. The summed E-state index contributed by atoms with van der Waals surface area (Å²) in [5.41, 5.74) is 0.543. The van der Waals surface area contributed by atoms with Gasteiger partial charge in [-0.05, 0) is 11.6 Å². The van der Waals surface area contributed by atoms with Crippen molar-refractivity contribution in [2.24, 2.45) is 11.8 Å². The molecule has 2 heteroatoms. The average Bonchev–Trinajstić information content (AvgIpc) is 2.79. The minimum absolute atomic E-state index is 0.0272. The van der Waals surface area contributed by atoms with Crippen LogP contribution in [0.5, 0.6) is 0 Å². The molecule has 0 spiro atoms. The number of rotatable bonds is 1. The summed E-state index contributed by atoms with van der Waals surface area (Å²) in [5.74, 6) is 0.158. The van der Waals surface area contributed by atoms with E-state index in [1.165, 1.54) is 0 Å². The lowest BCUT2D eigenvalue weighted by Gasteiger charge is -2.41. The van der Waals surface area contributed by atoms with Crippen molar-refractivity contribution in [2.75, 3.05) is 0 Å². The van der Waals surface area contributed by atoms with Crippen LogP contribution in [0.3, 0.4) is 0 Å². The summed E-state index contributed by atoms with van der Waals surface area (Å²) in [6, 6.07) is 10.0. The molecular formula is C15H16O2. The average molecular weight is 228 g/mol. The van der Waals surface area contributed by atoms with E-state index in [9.17, 15) is 4.79 Å². The summed E-state index contributed by atoms with van der Waals surface area (Å²) < 4.78 is 6.13. The molecule has 0 aromatic heterocycles. The fourth-order valence-corrected chi connectivity index (χ4v) is 2.94. The van der Waals surface area contributed by atoms with Gasteiger partial charge in [-0.3, -0.25) is 4.79 Å². The van der Waals surface area contributed by atoms with Gasteiger partial charge in [-0.2, -0.15) is 0 Å². The number of fused-ring (bicyclic) bond motifs is 2. The van der Waals surface area contributed by atoms with Crippen molar-refractivity contribution in [3.8, 4) is 0 Å². The maximum atomic E-state index is 12.2. The Morgan fingerprint density at radius 3 is 2.59 bits per heavy atom. The van der Waals surface area contributed by atoms with Crippen molar-refractivity contribution in [1.82, 2.24) is 0 Å². The van der Waals surface area contributed by atoms with Crippen LogP contribution in [0.1, 0.15) is 19.4 Å². The Morgan fingerprint density at radius 1 is 1.18 bits per heavy atom. The van der Waals surface area contributed by atoms with Crippen molar-refractivity contribution < 1.29 is 9.53 Å². The Bertz CT molecular complexity index is 477. The minimum Gasteiger partial charge on any atom is -0.357 e. The van der Waals surface area contributed by atoms with E-state index in [-0.39, 0.29) is 17.9 Å². The smallest absolute Gasteiger partial charge is 0.144 e. The van der Waals surface area contributed by atoms with Crippen LogP contribution < -0.4 is 0 Å². The maximum absolute atomic E-state index is 12.2. The molecule has 4 unspecified atom stereocenters. The lowest BCUT2D eigenvalue weighted by molar-refractivity contribution is -0.160. The Hall–Kier alpha value is -1.41. The Morgan fingerprint density at radius 2 is 1.88 bits per heavy atom. The first kappa shape index (κ1) is 10.7. The van der Waals surface area contributed by atoms with E-state index in [1.54, 1.807) is 0 Å². The zero-order valence-electron chi connectivity index (χ0n) is 10.1. The van der Waals surface area contributed by atoms with Crippen molar-refractivity contribution in [3.63, 3.8) is 0 Å². The van der Waals surface area contributed by atoms with Gasteiger partial charge in [0.05, 0.1) is 12.0 Å². The van der Waals surface area contributed by atoms with Crippen LogP contribution in [0, 0.1) is 11.8 Å². The molecule has 2 nitrogen and oxygen atoms in total. The quantitative estimate of drug-likeness (QED) is 0.691. The highest BCUT2D eigenvalue weighted by atomic mass is 16.5. The predicted molar refractivity (Wildman–Crippen MR) is 65.5 cm³/mol. The number of ether oxygens (including phenoxy) is 1. The van der Waals surface area contributed by atoms with Crippen LogP contribution in [-0.2, 0) is 15.1 Å². The van der Waals surface area contributed by atoms with Gasteiger partial charge in [0.15, 0.2) is 0 Å². The van der Waals surface area contributed by atoms with Crippen LogP contribution in [0.15, 0.2) is 42.5 Å². The molecule has 2 aliphatic rings. The van der Waals surface area contributed by atoms with Gasteiger partial charge in [-0.1, -0.05) is 50.3 Å². The predicted octanol–water partition coefficient (Wildman–Crippen LogP) is 2.69. The molecule has 3 rings (SSSR count). The standard InChI is InChI=1S/C15H16O2/c1-10-13-8-9-15(17-13,11(2)14(10)16)12-6-4-3-5-7-12/h3-11,13H,1-2H3. The first-order valence-corrected chi connectivity index (χ1v) is 6.11. The van der Waals surface area contributed by atoms with Crippen LogP contribution in [-0.4, -0.2) is 11.9 Å². The maximum Gasteiger partial charge on any atom is 0.144 e. The second-order valence-electron chi connectivity index (χ2n) is 5.01. The van der Waals surface area contributed by atoms with Crippen LogP contribution in [0.2, 0.25) is 0 Å². The fourth-order valence-electron chi connectivity index (χ4n) is 2.94. The molecule has 1 fully saturated rings. The lowest BCUT2D eigenvalue weighted by Crippen LogP contribution is -2.48. The third-order valence-corrected chi connectivity index (χ3v) is 4.10. The molecule has 4 atom stereocenters. The van der Waals surface area contributed by atoms with Gasteiger partial charge in [0.1, 0.15) is 11.4 Å². The number of carbonyl (C=O) groups excluding carboxylic acids is 1. The van der Waals surface area contributed by atoms with E-state index in [4.69, 9.17) is 4.74 Å². The van der Waals surface area contributed by atoms with Gasteiger partial charge in [-0.25, -0.2) is 0 Å². The van der Waals surface area contributed by atoms with Gasteiger partial charge in [-0.15, -0.1) is 0 Å². The molecule has 0 amide bonds. The van der Waals surface area contributed by atoms with Crippen molar-refractivity contribution in [3.05, 3.63) is 48.0 Å².